The lowest BCUT2D eigenvalue weighted by Gasteiger charge is -2.09. The molecular weight excluding hydrogens is 280 g/mol. The molecular formula is C16H22N4O2. The van der Waals surface area contributed by atoms with Crippen LogP contribution in [0.25, 0.3) is 10.8 Å². The zero-order chi connectivity index (χ0) is 15.9. The molecule has 0 bridgehead atoms. The van der Waals surface area contributed by atoms with Gasteiger partial charge in [-0.05, 0) is 18.4 Å². The van der Waals surface area contributed by atoms with Crippen molar-refractivity contribution >= 4 is 22.5 Å². The van der Waals surface area contributed by atoms with Gasteiger partial charge in [-0.25, -0.2) is 5.10 Å². The number of aromatic nitrogens is 2. The van der Waals surface area contributed by atoms with Gasteiger partial charge in [0.1, 0.15) is 0 Å². The molecule has 22 heavy (non-hydrogen) atoms. The van der Waals surface area contributed by atoms with E-state index in [1.54, 1.807) is 6.07 Å². The Morgan fingerprint density at radius 2 is 1.95 bits per heavy atom. The van der Waals surface area contributed by atoms with Gasteiger partial charge >= 0.3 is 0 Å². The maximum atomic E-state index is 11.7. The molecule has 0 spiro atoms. The van der Waals surface area contributed by atoms with Crippen LogP contribution >= 0.6 is 0 Å². The predicted octanol–water partition coefficient (Wildman–Crippen LogP) is 1.89. The Kier molecular flexibility index (Phi) is 5.52. The molecule has 0 saturated carbocycles. The molecule has 0 saturated heterocycles. The number of hydrogen-bond donors (Lipinski definition) is 3. The summed E-state index contributed by atoms with van der Waals surface area (Å²) < 4.78 is 0. The minimum atomic E-state index is -0.193. The van der Waals surface area contributed by atoms with E-state index in [9.17, 15) is 9.59 Å². The number of carbonyl (C=O) groups is 1. The number of rotatable bonds is 7. The SMILES string of the molecule is CC(C)CC(=O)NCCCNc1n[nH]c(=O)c2ccccc12. The van der Waals surface area contributed by atoms with Crippen LogP contribution in [0.4, 0.5) is 5.82 Å². The minimum absolute atomic E-state index is 0.0858. The van der Waals surface area contributed by atoms with Crippen molar-refractivity contribution in [3.8, 4) is 0 Å². The number of H-pyrrole nitrogens is 1. The third kappa shape index (κ3) is 4.31. The largest absolute Gasteiger partial charge is 0.368 e. The van der Waals surface area contributed by atoms with E-state index in [0.717, 1.165) is 11.8 Å². The van der Waals surface area contributed by atoms with Crippen LogP contribution in [0.5, 0.6) is 0 Å². The molecule has 0 aliphatic rings. The molecule has 1 aromatic carbocycles. The molecule has 1 amide bonds. The van der Waals surface area contributed by atoms with Gasteiger partial charge in [-0.3, -0.25) is 9.59 Å². The third-order valence-electron chi connectivity index (χ3n) is 3.26. The summed E-state index contributed by atoms with van der Waals surface area (Å²) in [7, 11) is 0. The predicted molar refractivity (Wildman–Crippen MR) is 87.9 cm³/mol. The second-order valence-electron chi connectivity index (χ2n) is 5.68. The molecule has 118 valence electrons. The molecule has 1 aromatic heterocycles. The molecule has 0 aliphatic carbocycles. The summed E-state index contributed by atoms with van der Waals surface area (Å²) >= 11 is 0. The molecule has 0 unspecified atom stereocenters. The molecule has 0 radical (unpaired) electrons. The zero-order valence-corrected chi connectivity index (χ0v) is 13.0. The van der Waals surface area contributed by atoms with E-state index in [0.29, 0.717) is 36.6 Å². The highest BCUT2D eigenvalue weighted by atomic mass is 16.1. The maximum absolute atomic E-state index is 11.7. The molecule has 2 aromatic rings. The Balaban J connectivity index is 1.84. The standard InChI is InChI=1S/C16H22N4O2/c1-11(2)10-14(21)17-8-5-9-18-15-12-6-3-4-7-13(12)16(22)20-19-15/h3-4,6-7,11H,5,8-10H2,1-2H3,(H,17,21)(H,18,19)(H,20,22). The first-order valence-corrected chi connectivity index (χ1v) is 7.56. The maximum Gasteiger partial charge on any atom is 0.272 e. The van der Waals surface area contributed by atoms with Crippen molar-refractivity contribution in [2.45, 2.75) is 26.7 Å². The van der Waals surface area contributed by atoms with Crippen molar-refractivity contribution in [2.24, 2.45) is 5.92 Å². The van der Waals surface area contributed by atoms with Gasteiger partial charge in [-0.2, -0.15) is 5.10 Å². The van der Waals surface area contributed by atoms with Gasteiger partial charge in [0, 0.05) is 24.9 Å². The number of nitrogens with zero attached hydrogens (tertiary/aromatic N) is 1. The Morgan fingerprint density at radius 3 is 2.68 bits per heavy atom. The van der Waals surface area contributed by atoms with Crippen LogP contribution < -0.4 is 16.2 Å². The van der Waals surface area contributed by atoms with Gasteiger partial charge < -0.3 is 10.6 Å². The van der Waals surface area contributed by atoms with E-state index < -0.39 is 0 Å². The molecule has 2 rings (SSSR count). The minimum Gasteiger partial charge on any atom is -0.368 e. The number of nitrogens with one attached hydrogen (secondary N) is 3. The summed E-state index contributed by atoms with van der Waals surface area (Å²) in [5.41, 5.74) is -0.193. The highest BCUT2D eigenvalue weighted by Gasteiger charge is 2.06. The fourth-order valence-electron chi connectivity index (χ4n) is 2.22. The second-order valence-corrected chi connectivity index (χ2v) is 5.68. The second kappa shape index (κ2) is 7.59. The molecule has 1 heterocycles. The average Bonchev–Trinajstić information content (AvgIpc) is 2.48. The molecule has 0 fully saturated rings. The summed E-state index contributed by atoms with van der Waals surface area (Å²) in [6.45, 7) is 5.34. The number of fused-ring (bicyclic) bond motifs is 1. The lowest BCUT2D eigenvalue weighted by Crippen LogP contribution is -2.26. The van der Waals surface area contributed by atoms with Crippen molar-refractivity contribution in [1.29, 1.82) is 0 Å². The van der Waals surface area contributed by atoms with Crippen LogP contribution in [0.15, 0.2) is 29.1 Å². The number of amides is 1. The van der Waals surface area contributed by atoms with Gasteiger partial charge in [0.15, 0.2) is 5.82 Å². The Labute approximate surface area is 129 Å². The normalized spacial score (nSPS) is 10.9. The number of anilines is 1. The van der Waals surface area contributed by atoms with Crippen molar-refractivity contribution in [2.75, 3.05) is 18.4 Å². The molecule has 3 N–H and O–H groups in total. The number of benzene rings is 1. The van der Waals surface area contributed by atoms with Crippen molar-refractivity contribution in [3.63, 3.8) is 0 Å². The van der Waals surface area contributed by atoms with Crippen LogP contribution in [-0.2, 0) is 4.79 Å². The van der Waals surface area contributed by atoms with Gasteiger partial charge in [-0.1, -0.05) is 32.0 Å². The highest BCUT2D eigenvalue weighted by Crippen LogP contribution is 2.16. The van der Waals surface area contributed by atoms with E-state index >= 15 is 0 Å². The van der Waals surface area contributed by atoms with E-state index in [4.69, 9.17) is 0 Å². The molecule has 6 nitrogen and oxygen atoms in total. The third-order valence-corrected chi connectivity index (χ3v) is 3.26. The van der Waals surface area contributed by atoms with Crippen molar-refractivity contribution in [1.82, 2.24) is 15.5 Å². The van der Waals surface area contributed by atoms with Crippen LogP contribution in [0.3, 0.4) is 0 Å². The van der Waals surface area contributed by atoms with Gasteiger partial charge in [0.2, 0.25) is 5.91 Å². The van der Waals surface area contributed by atoms with Gasteiger partial charge in [-0.15, -0.1) is 0 Å². The fraction of sp³-hybridized carbons (Fsp3) is 0.438. The van der Waals surface area contributed by atoms with Crippen LogP contribution in [0.2, 0.25) is 0 Å². The topological polar surface area (TPSA) is 86.9 Å². The van der Waals surface area contributed by atoms with Crippen LogP contribution in [0, 0.1) is 5.92 Å². The molecule has 6 heteroatoms. The summed E-state index contributed by atoms with van der Waals surface area (Å²) in [4.78, 5) is 23.2. The van der Waals surface area contributed by atoms with Crippen molar-refractivity contribution in [3.05, 3.63) is 34.6 Å². The monoisotopic (exact) mass is 302 g/mol. The van der Waals surface area contributed by atoms with Crippen LogP contribution in [-0.4, -0.2) is 29.2 Å². The number of aromatic amines is 1. The lowest BCUT2D eigenvalue weighted by molar-refractivity contribution is -0.121. The lowest BCUT2D eigenvalue weighted by atomic mass is 10.1. The number of hydrogen-bond acceptors (Lipinski definition) is 4. The first-order chi connectivity index (χ1) is 10.6. The zero-order valence-electron chi connectivity index (χ0n) is 13.0. The smallest absolute Gasteiger partial charge is 0.272 e. The molecule has 0 atom stereocenters. The summed E-state index contributed by atoms with van der Waals surface area (Å²) in [6, 6.07) is 7.34. The van der Waals surface area contributed by atoms with Gasteiger partial charge in [0.05, 0.1) is 5.39 Å². The van der Waals surface area contributed by atoms with Gasteiger partial charge in [0.25, 0.3) is 5.56 Å². The van der Waals surface area contributed by atoms with E-state index in [-0.39, 0.29) is 11.5 Å². The Bertz CT molecular complexity index is 694. The molecule has 0 aliphatic heterocycles. The van der Waals surface area contributed by atoms with E-state index in [1.165, 1.54) is 0 Å². The first kappa shape index (κ1) is 16.0. The van der Waals surface area contributed by atoms with Crippen LogP contribution in [0.1, 0.15) is 26.7 Å². The summed E-state index contributed by atoms with van der Waals surface area (Å²) in [6.07, 6.45) is 1.35. The quantitative estimate of drug-likeness (QED) is 0.682. The van der Waals surface area contributed by atoms with Crippen molar-refractivity contribution < 1.29 is 4.79 Å². The number of carbonyl (C=O) groups excluding carboxylic acids is 1. The summed E-state index contributed by atoms with van der Waals surface area (Å²) in [5.74, 6) is 1.11. The Morgan fingerprint density at radius 1 is 1.23 bits per heavy atom. The fourth-order valence-corrected chi connectivity index (χ4v) is 2.22. The van der Waals surface area contributed by atoms with E-state index in [2.05, 4.69) is 20.8 Å². The Hall–Kier alpha value is -2.37. The first-order valence-electron chi connectivity index (χ1n) is 7.56. The summed E-state index contributed by atoms with van der Waals surface area (Å²) in [5, 5.41) is 14.0. The highest BCUT2D eigenvalue weighted by molar-refractivity contribution is 5.90. The average molecular weight is 302 g/mol. The van der Waals surface area contributed by atoms with E-state index in [1.807, 2.05) is 32.0 Å².